The summed E-state index contributed by atoms with van der Waals surface area (Å²) < 4.78 is 23.4. The Morgan fingerprint density at radius 3 is 2.30 bits per heavy atom. The second-order valence-electron chi connectivity index (χ2n) is 7.83. The normalized spacial score (nSPS) is 12.5. The summed E-state index contributed by atoms with van der Waals surface area (Å²) in [7, 11) is 3.41. The number of rotatable bonds is 8. The quantitative estimate of drug-likeness (QED) is 0.336. The summed E-state index contributed by atoms with van der Waals surface area (Å²) >= 11 is 0. The summed E-state index contributed by atoms with van der Waals surface area (Å²) in [5.74, 6) is -0.571. The van der Waals surface area contributed by atoms with Crippen LogP contribution in [-0.2, 0) is 20.7 Å². The van der Waals surface area contributed by atoms with Crippen LogP contribution in [0.4, 0.5) is 9.18 Å². The third-order valence-corrected chi connectivity index (χ3v) is 3.52. The molecule has 0 aliphatic carbocycles. The molecule has 0 aliphatic heterocycles. The Morgan fingerprint density at radius 1 is 1.19 bits per heavy atom. The molecule has 1 aromatic rings. The van der Waals surface area contributed by atoms with Crippen molar-refractivity contribution in [3.8, 4) is 0 Å². The van der Waals surface area contributed by atoms with Crippen LogP contribution in [0.5, 0.6) is 0 Å². The molecule has 0 aliphatic rings. The van der Waals surface area contributed by atoms with Gasteiger partial charge in [0.1, 0.15) is 24.8 Å². The number of likely N-dealkylation sites (N-methyl/N-ethyl adjacent to an activating group) is 1. The van der Waals surface area contributed by atoms with E-state index in [0.29, 0.717) is 6.54 Å². The maximum absolute atomic E-state index is 12.8. The van der Waals surface area contributed by atoms with Gasteiger partial charge in [0.05, 0.1) is 14.1 Å². The van der Waals surface area contributed by atoms with Crippen LogP contribution in [0.1, 0.15) is 26.3 Å². The molecule has 0 bridgehead atoms. The number of nitrogens with zero attached hydrogens (tertiary/aromatic N) is 1. The molecule has 0 spiro atoms. The SMILES string of the molecule is CC(C)(C)OC(=O)N[C@@H](Cc1ccccc1)C(=O)OCC[N+](C)(C)CF.[Br-]. The minimum Gasteiger partial charge on any atom is -1.00 e. The highest BCUT2D eigenvalue weighted by Crippen LogP contribution is 2.09. The highest BCUT2D eigenvalue weighted by molar-refractivity contribution is 5.81. The van der Waals surface area contributed by atoms with E-state index in [4.69, 9.17) is 9.47 Å². The number of alkyl halides is 1. The molecular weight excluding hydrogens is 419 g/mol. The van der Waals surface area contributed by atoms with Crippen molar-refractivity contribution < 1.29 is 44.9 Å². The number of carbonyl (C=O) groups is 2. The first-order chi connectivity index (χ1) is 12.0. The van der Waals surface area contributed by atoms with Crippen molar-refractivity contribution >= 4 is 12.1 Å². The van der Waals surface area contributed by atoms with Crippen LogP contribution in [0.15, 0.2) is 30.3 Å². The van der Waals surface area contributed by atoms with Crippen molar-refractivity contribution in [1.82, 2.24) is 5.32 Å². The molecule has 1 rings (SSSR count). The Kier molecular flexibility index (Phi) is 10.5. The largest absolute Gasteiger partial charge is 1.00 e. The molecule has 27 heavy (non-hydrogen) atoms. The Balaban J connectivity index is 0.00000676. The number of halogens is 2. The summed E-state index contributed by atoms with van der Waals surface area (Å²) in [6, 6.07) is 8.42. The van der Waals surface area contributed by atoms with E-state index in [0.717, 1.165) is 5.56 Å². The first kappa shape index (κ1) is 25.3. The number of benzene rings is 1. The lowest BCUT2D eigenvalue weighted by molar-refractivity contribution is -0.902. The van der Waals surface area contributed by atoms with Crippen molar-refractivity contribution in [2.75, 3.05) is 34.0 Å². The van der Waals surface area contributed by atoms with Crippen molar-refractivity contribution in [2.45, 2.75) is 38.8 Å². The predicted molar refractivity (Wildman–Crippen MR) is 97.2 cm³/mol. The molecule has 154 valence electrons. The number of esters is 1. The number of ether oxygens (including phenoxy) is 2. The molecule has 0 fully saturated rings. The van der Waals surface area contributed by atoms with Gasteiger partial charge in [-0.1, -0.05) is 30.3 Å². The molecule has 1 aromatic carbocycles. The maximum Gasteiger partial charge on any atom is 0.408 e. The van der Waals surface area contributed by atoms with Crippen LogP contribution in [0.25, 0.3) is 0 Å². The van der Waals surface area contributed by atoms with Crippen LogP contribution in [0.3, 0.4) is 0 Å². The van der Waals surface area contributed by atoms with Gasteiger partial charge in [0, 0.05) is 6.42 Å². The second kappa shape index (κ2) is 11.2. The van der Waals surface area contributed by atoms with Gasteiger partial charge in [-0.2, -0.15) is 4.39 Å². The topological polar surface area (TPSA) is 64.6 Å². The minimum absolute atomic E-state index is 0. The number of hydrogen-bond donors (Lipinski definition) is 1. The number of amides is 1. The van der Waals surface area contributed by atoms with E-state index in [9.17, 15) is 14.0 Å². The fourth-order valence-electron chi connectivity index (χ4n) is 2.05. The van der Waals surface area contributed by atoms with Crippen molar-refractivity contribution in [3.63, 3.8) is 0 Å². The Hall–Kier alpha value is -1.67. The highest BCUT2D eigenvalue weighted by atomic mass is 79.9. The van der Waals surface area contributed by atoms with Gasteiger partial charge < -0.3 is 31.8 Å². The molecule has 0 radical (unpaired) electrons. The van der Waals surface area contributed by atoms with E-state index in [2.05, 4.69) is 5.32 Å². The monoisotopic (exact) mass is 448 g/mol. The average molecular weight is 449 g/mol. The van der Waals surface area contributed by atoms with E-state index in [1.807, 2.05) is 30.3 Å². The zero-order valence-corrected chi connectivity index (χ0v) is 18.2. The molecule has 0 heterocycles. The minimum atomic E-state index is -0.881. The average Bonchev–Trinajstić information content (AvgIpc) is 2.53. The van der Waals surface area contributed by atoms with Crippen LogP contribution in [-0.4, -0.2) is 62.2 Å². The summed E-state index contributed by atoms with van der Waals surface area (Å²) in [6.07, 6.45) is -0.407. The molecule has 1 amide bonds. The van der Waals surface area contributed by atoms with Crippen LogP contribution >= 0.6 is 0 Å². The summed E-state index contributed by atoms with van der Waals surface area (Å²) in [5.41, 5.74) is 0.207. The molecule has 0 unspecified atom stereocenters. The highest BCUT2D eigenvalue weighted by Gasteiger charge is 2.26. The van der Waals surface area contributed by atoms with Gasteiger partial charge >= 0.3 is 12.1 Å². The molecular formula is C19H30BrFN2O4. The zero-order chi connectivity index (χ0) is 19.8. The summed E-state index contributed by atoms with van der Waals surface area (Å²) in [4.78, 5) is 24.5. The van der Waals surface area contributed by atoms with E-state index in [1.165, 1.54) is 0 Å². The lowest BCUT2D eigenvalue weighted by Gasteiger charge is -2.26. The van der Waals surface area contributed by atoms with E-state index in [1.54, 1.807) is 34.9 Å². The first-order valence-corrected chi connectivity index (χ1v) is 8.60. The van der Waals surface area contributed by atoms with Gasteiger partial charge in [0.2, 0.25) is 6.80 Å². The van der Waals surface area contributed by atoms with Gasteiger partial charge in [-0.3, -0.25) is 4.48 Å². The maximum atomic E-state index is 12.8. The molecule has 1 N–H and O–H groups in total. The smallest absolute Gasteiger partial charge is 0.408 e. The van der Waals surface area contributed by atoms with Crippen molar-refractivity contribution in [1.29, 1.82) is 0 Å². The van der Waals surface area contributed by atoms with Crippen LogP contribution in [0, 0.1) is 0 Å². The van der Waals surface area contributed by atoms with Gasteiger partial charge in [0.15, 0.2) is 0 Å². The zero-order valence-electron chi connectivity index (χ0n) is 16.6. The third kappa shape index (κ3) is 10.9. The van der Waals surface area contributed by atoms with E-state index >= 15 is 0 Å². The Bertz CT molecular complexity index is 591. The van der Waals surface area contributed by atoms with E-state index < -0.39 is 30.5 Å². The number of nitrogens with one attached hydrogen (secondary N) is 1. The molecule has 0 saturated heterocycles. The third-order valence-electron chi connectivity index (χ3n) is 3.52. The first-order valence-electron chi connectivity index (χ1n) is 8.60. The molecule has 0 aromatic heterocycles. The van der Waals surface area contributed by atoms with Crippen molar-refractivity contribution in [3.05, 3.63) is 35.9 Å². The van der Waals surface area contributed by atoms with Crippen molar-refractivity contribution in [2.24, 2.45) is 0 Å². The standard InChI is InChI=1S/C19H29FN2O4.BrH/c1-19(2,3)26-18(24)21-16(13-15-9-7-6-8-10-15)17(23)25-12-11-22(4,5)14-20;/h6-10,16H,11-14H2,1-5H3;1H/t16-;/m0./s1. The molecule has 8 heteroatoms. The molecule has 6 nitrogen and oxygen atoms in total. The van der Waals surface area contributed by atoms with Gasteiger partial charge in [-0.05, 0) is 26.3 Å². The van der Waals surface area contributed by atoms with E-state index in [-0.39, 0.29) is 34.5 Å². The fourth-order valence-corrected chi connectivity index (χ4v) is 2.05. The number of carbonyl (C=O) groups excluding carboxylic acids is 2. The number of alkyl carbamates (subject to hydrolysis) is 1. The Morgan fingerprint density at radius 2 is 1.78 bits per heavy atom. The number of quaternary nitrogens is 1. The van der Waals surface area contributed by atoms with Gasteiger partial charge in [-0.15, -0.1) is 0 Å². The Labute approximate surface area is 171 Å². The lowest BCUT2D eigenvalue weighted by Crippen LogP contribution is -3.00. The summed E-state index contributed by atoms with van der Waals surface area (Å²) in [6.45, 7) is 5.08. The van der Waals surface area contributed by atoms with Gasteiger partial charge in [-0.25, -0.2) is 9.59 Å². The molecule has 0 saturated carbocycles. The fraction of sp³-hybridized carbons (Fsp3) is 0.579. The van der Waals surface area contributed by atoms with Crippen LogP contribution < -0.4 is 22.3 Å². The summed E-state index contributed by atoms with van der Waals surface area (Å²) in [5, 5.41) is 2.57. The number of hydrogen-bond acceptors (Lipinski definition) is 4. The van der Waals surface area contributed by atoms with Crippen LogP contribution in [0.2, 0.25) is 0 Å². The second-order valence-corrected chi connectivity index (χ2v) is 7.83. The molecule has 1 atom stereocenters. The predicted octanol–water partition coefficient (Wildman–Crippen LogP) is -0.327. The van der Waals surface area contributed by atoms with Gasteiger partial charge in [0.25, 0.3) is 0 Å². The lowest BCUT2D eigenvalue weighted by atomic mass is 10.1.